The van der Waals surface area contributed by atoms with Crippen molar-refractivity contribution >= 4 is 24.0 Å². The molecule has 2 aliphatic rings. The number of fused-ring (bicyclic) bond motifs is 2. The number of aryl methyl sites for hydroxylation is 3. The Morgan fingerprint density at radius 3 is 2.66 bits per heavy atom. The van der Waals surface area contributed by atoms with E-state index in [1.165, 1.54) is 5.56 Å². The van der Waals surface area contributed by atoms with Crippen molar-refractivity contribution in [3.63, 3.8) is 0 Å². The van der Waals surface area contributed by atoms with Gasteiger partial charge in [-0.1, -0.05) is 30.3 Å². The molecule has 2 aliphatic heterocycles. The van der Waals surface area contributed by atoms with Crippen molar-refractivity contribution < 1.29 is 4.79 Å². The van der Waals surface area contributed by atoms with Crippen molar-refractivity contribution in [2.24, 2.45) is 11.8 Å². The standard InChI is InChI=1S/C22H25N5O.ClH/c1-13-9-14(2)27-21(24-13)19(15(3)25-27)22(28)26-12-17-10-23-11-18(17)20(26)16-7-5-4-6-8-16;/h4-9,17-18,20,23H,10-12H2,1-3H3;1H/t17-,18-,20-;/m0./s1. The van der Waals surface area contributed by atoms with Crippen molar-refractivity contribution in [1.82, 2.24) is 24.8 Å². The van der Waals surface area contributed by atoms with Crippen LogP contribution in [0.5, 0.6) is 0 Å². The molecule has 1 aromatic carbocycles. The second kappa shape index (κ2) is 7.43. The molecule has 0 spiro atoms. The lowest BCUT2D eigenvalue weighted by Crippen LogP contribution is -2.35. The molecule has 2 saturated heterocycles. The molecule has 6 nitrogen and oxygen atoms in total. The summed E-state index contributed by atoms with van der Waals surface area (Å²) in [6.45, 7) is 8.58. The number of nitrogens with one attached hydrogen (secondary N) is 1. The zero-order chi connectivity index (χ0) is 19.4. The molecule has 0 radical (unpaired) electrons. The van der Waals surface area contributed by atoms with E-state index in [2.05, 4.69) is 44.6 Å². The van der Waals surface area contributed by atoms with E-state index in [1.807, 2.05) is 32.9 Å². The van der Waals surface area contributed by atoms with Crippen LogP contribution >= 0.6 is 12.4 Å². The van der Waals surface area contributed by atoms with Crippen molar-refractivity contribution in [3.8, 4) is 0 Å². The van der Waals surface area contributed by atoms with Crippen molar-refractivity contribution in [1.29, 1.82) is 0 Å². The van der Waals surface area contributed by atoms with E-state index in [0.29, 0.717) is 23.0 Å². The minimum atomic E-state index is 0. The van der Waals surface area contributed by atoms with Gasteiger partial charge < -0.3 is 10.2 Å². The molecule has 1 N–H and O–H groups in total. The molecular weight excluding hydrogens is 386 g/mol. The van der Waals surface area contributed by atoms with E-state index in [9.17, 15) is 4.79 Å². The molecule has 0 aliphatic carbocycles. The van der Waals surface area contributed by atoms with E-state index in [0.717, 1.165) is 36.7 Å². The van der Waals surface area contributed by atoms with Gasteiger partial charge in [-0.2, -0.15) is 5.10 Å². The first-order valence-electron chi connectivity index (χ1n) is 9.95. The Morgan fingerprint density at radius 2 is 1.90 bits per heavy atom. The number of carbonyl (C=O) groups is 1. The number of likely N-dealkylation sites (tertiary alicyclic amines) is 1. The van der Waals surface area contributed by atoms with Crippen molar-refractivity contribution in [3.05, 3.63) is 64.6 Å². The molecule has 3 aromatic rings. The summed E-state index contributed by atoms with van der Waals surface area (Å²) in [7, 11) is 0. The van der Waals surface area contributed by atoms with Gasteiger partial charge in [0.15, 0.2) is 5.65 Å². The SMILES string of the molecule is Cc1cc(C)n2nc(C)c(C(=O)N3C[C@@H]4CNC[C@@H]4[C@@H]3c3ccccc3)c2n1.Cl. The molecule has 0 bridgehead atoms. The summed E-state index contributed by atoms with van der Waals surface area (Å²) in [5.74, 6) is 0.992. The number of hydrogen-bond acceptors (Lipinski definition) is 4. The lowest BCUT2D eigenvalue weighted by atomic mass is 9.89. The first kappa shape index (κ1) is 19.9. The van der Waals surface area contributed by atoms with Crippen LogP contribution in [0.15, 0.2) is 36.4 Å². The van der Waals surface area contributed by atoms with Gasteiger partial charge in [0.25, 0.3) is 5.91 Å². The number of nitrogens with zero attached hydrogens (tertiary/aromatic N) is 4. The molecule has 2 fully saturated rings. The third-order valence-corrected chi connectivity index (χ3v) is 6.25. The van der Waals surface area contributed by atoms with Gasteiger partial charge in [-0.25, -0.2) is 9.50 Å². The summed E-state index contributed by atoms with van der Waals surface area (Å²) in [6.07, 6.45) is 0. The number of amides is 1. The number of halogens is 1. The monoisotopic (exact) mass is 411 g/mol. The Kier molecular flexibility index (Phi) is 5.09. The second-order valence-corrected chi connectivity index (χ2v) is 8.13. The second-order valence-electron chi connectivity index (χ2n) is 8.13. The molecule has 0 saturated carbocycles. The maximum atomic E-state index is 13.8. The number of hydrogen-bond donors (Lipinski definition) is 1. The Morgan fingerprint density at radius 1 is 1.14 bits per heavy atom. The summed E-state index contributed by atoms with van der Waals surface area (Å²) in [5, 5.41) is 8.12. The molecule has 152 valence electrons. The fourth-order valence-electron chi connectivity index (χ4n) is 5.03. The minimum absolute atomic E-state index is 0. The average Bonchev–Trinajstić information content (AvgIpc) is 3.34. The zero-order valence-corrected chi connectivity index (χ0v) is 17.7. The zero-order valence-electron chi connectivity index (χ0n) is 16.9. The Labute approximate surface area is 176 Å². The predicted molar refractivity (Wildman–Crippen MR) is 115 cm³/mol. The molecule has 7 heteroatoms. The lowest BCUT2D eigenvalue weighted by molar-refractivity contribution is 0.0715. The third kappa shape index (κ3) is 3.11. The van der Waals surface area contributed by atoms with Gasteiger partial charge in [-0.15, -0.1) is 12.4 Å². The van der Waals surface area contributed by atoms with Gasteiger partial charge in [0.1, 0.15) is 5.56 Å². The van der Waals surface area contributed by atoms with E-state index < -0.39 is 0 Å². The molecule has 29 heavy (non-hydrogen) atoms. The molecule has 0 unspecified atom stereocenters. The van der Waals surface area contributed by atoms with E-state index in [4.69, 9.17) is 0 Å². The number of aromatic nitrogens is 3. The first-order valence-corrected chi connectivity index (χ1v) is 9.95. The fourth-order valence-corrected chi connectivity index (χ4v) is 5.03. The maximum Gasteiger partial charge on any atom is 0.260 e. The van der Waals surface area contributed by atoms with Crippen molar-refractivity contribution in [2.75, 3.05) is 19.6 Å². The van der Waals surface area contributed by atoms with Crippen LogP contribution in [0.2, 0.25) is 0 Å². The van der Waals surface area contributed by atoms with Crippen molar-refractivity contribution in [2.45, 2.75) is 26.8 Å². The van der Waals surface area contributed by atoms with Crippen LogP contribution < -0.4 is 5.32 Å². The van der Waals surface area contributed by atoms with Crippen LogP contribution in [0.1, 0.15) is 39.0 Å². The highest BCUT2D eigenvalue weighted by Crippen LogP contribution is 2.43. The first-order chi connectivity index (χ1) is 13.5. The van der Waals surface area contributed by atoms with E-state index in [1.54, 1.807) is 4.52 Å². The van der Waals surface area contributed by atoms with E-state index in [-0.39, 0.29) is 24.4 Å². The van der Waals surface area contributed by atoms with Gasteiger partial charge >= 0.3 is 0 Å². The summed E-state index contributed by atoms with van der Waals surface area (Å²) < 4.78 is 1.80. The highest BCUT2D eigenvalue weighted by Gasteiger charge is 2.47. The average molecular weight is 412 g/mol. The third-order valence-electron chi connectivity index (χ3n) is 6.25. The number of benzene rings is 1. The fraction of sp³-hybridized carbons (Fsp3) is 0.409. The molecule has 1 amide bonds. The van der Waals surface area contributed by atoms with Crippen LogP contribution in [-0.2, 0) is 0 Å². The topological polar surface area (TPSA) is 62.5 Å². The van der Waals surface area contributed by atoms with Gasteiger partial charge in [0.05, 0.1) is 11.7 Å². The normalized spacial score (nSPS) is 23.3. The van der Waals surface area contributed by atoms with Crippen LogP contribution in [-0.4, -0.2) is 45.0 Å². The van der Waals surface area contributed by atoms with Crippen LogP contribution in [0.25, 0.3) is 5.65 Å². The molecule has 2 aromatic heterocycles. The number of rotatable bonds is 2. The van der Waals surface area contributed by atoms with Gasteiger partial charge in [0.2, 0.25) is 0 Å². The van der Waals surface area contributed by atoms with Gasteiger partial charge in [-0.3, -0.25) is 4.79 Å². The number of carbonyl (C=O) groups excluding carboxylic acids is 1. The summed E-state index contributed by atoms with van der Waals surface area (Å²) >= 11 is 0. The lowest BCUT2D eigenvalue weighted by Gasteiger charge is -2.28. The molecule has 4 heterocycles. The predicted octanol–water partition coefficient (Wildman–Crippen LogP) is 3.11. The largest absolute Gasteiger partial charge is 0.331 e. The van der Waals surface area contributed by atoms with Crippen LogP contribution in [0.4, 0.5) is 0 Å². The quantitative estimate of drug-likeness (QED) is 0.703. The highest BCUT2D eigenvalue weighted by molar-refractivity contribution is 6.01. The van der Waals surface area contributed by atoms with Gasteiger partial charge in [0, 0.05) is 36.9 Å². The smallest absolute Gasteiger partial charge is 0.260 e. The summed E-state index contributed by atoms with van der Waals surface area (Å²) in [5.41, 5.74) is 5.16. The maximum absolute atomic E-state index is 13.8. The minimum Gasteiger partial charge on any atom is -0.331 e. The Bertz CT molecular complexity index is 1060. The molecule has 3 atom stereocenters. The summed E-state index contributed by atoms with van der Waals surface area (Å²) in [4.78, 5) is 20.5. The van der Waals surface area contributed by atoms with E-state index >= 15 is 0 Å². The Hall–Kier alpha value is -2.44. The molecular formula is C22H26ClN5O. The molecule has 5 rings (SSSR count). The highest BCUT2D eigenvalue weighted by atomic mass is 35.5. The summed E-state index contributed by atoms with van der Waals surface area (Å²) in [6, 6.07) is 12.5. The van der Waals surface area contributed by atoms with Gasteiger partial charge in [-0.05, 0) is 38.3 Å². The van der Waals surface area contributed by atoms with Crippen LogP contribution in [0.3, 0.4) is 0 Å². The van der Waals surface area contributed by atoms with Crippen LogP contribution in [0, 0.1) is 32.6 Å². The Balaban J connectivity index is 0.00000205.